The Bertz CT molecular complexity index is 1080. The molecule has 7 heteroatoms. The number of nitrogens with one attached hydrogen (secondary N) is 1. The summed E-state index contributed by atoms with van der Waals surface area (Å²) in [7, 11) is 0. The van der Waals surface area contributed by atoms with E-state index in [1.807, 2.05) is 17.5 Å². The first-order valence-corrected chi connectivity index (χ1v) is 9.50. The molecule has 134 valence electrons. The molecule has 0 aliphatic rings. The zero-order valence-corrected chi connectivity index (χ0v) is 16.5. The van der Waals surface area contributed by atoms with Crippen LogP contribution in [0.2, 0.25) is 10.0 Å². The summed E-state index contributed by atoms with van der Waals surface area (Å²) < 4.78 is 0. The predicted molar refractivity (Wildman–Crippen MR) is 111 cm³/mol. The fourth-order valence-corrected chi connectivity index (χ4v) is 3.40. The first kappa shape index (κ1) is 19.1. The molecule has 0 saturated carbocycles. The molecule has 2 aromatic carbocycles. The molecule has 1 N–H and O–H groups in total. The Labute approximate surface area is 170 Å². The van der Waals surface area contributed by atoms with Gasteiger partial charge in [-0.1, -0.05) is 41.4 Å². The van der Waals surface area contributed by atoms with E-state index in [4.69, 9.17) is 23.2 Å². The van der Waals surface area contributed by atoms with Crippen molar-refractivity contribution in [2.24, 2.45) is 0 Å². The SMILES string of the molecule is CC(=O)c1cccc(N/C=C(\C#N)c2nc(-c3ccc(Cl)c(Cl)c3)cs2)c1. The van der Waals surface area contributed by atoms with Gasteiger partial charge >= 0.3 is 0 Å². The lowest BCUT2D eigenvalue weighted by Gasteiger charge is -2.03. The first-order valence-electron chi connectivity index (χ1n) is 7.87. The van der Waals surface area contributed by atoms with E-state index >= 15 is 0 Å². The summed E-state index contributed by atoms with van der Waals surface area (Å²) >= 11 is 13.4. The third kappa shape index (κ3) is 4.55. The van der Waals surface area contributed by atoms with Crippen LogP contribution in [0.5, 0.6) is 0 Å². The van der Waals surface area contributed by atoms with Crippen molar-refractivity contribution < 1.29 is 4.79 Å². The molecule has 0 atom stereocenters. The Hall–Kier alpha value is -2.65. The van der Waals surface area contributed by atoms with Crippen molar-refractivity contribution in [3.05, 3.63) is 74.7 Å². The van der Waals surface area contributed by atoms with Crippen LogP contribution in [0.1, 0.15) is 22.3 Å². The first-order chi connectivity index (χ1) is 13.0. The van der Waals surface area contributed by atoms with Gasteiger partial charge in [0.15, 0.2) is 5.78 Å². The monoisotopic (exact) mass is 413 g/mol. The van der Waals surface area contributed by atoms with Gasteiger partial charge in [0.05, 0.1) is 15.7 Å². The van der Waals surface area contributed by atoms with Crippen molar-refractivity contribution >= 4 is 51.6 Å². The number of Topliss-reactive ketones (excluding diaryl/α,β-unsaturated/α-hetero) is 1. The maximum atomic E-state index is 11.5. The topological polar surface area (TPSA) is 65.8 Å². The number of thiazole rings is 1. The van der Waals surface area contributed by atoms with Crippen molar-refractivity contribution in [1.82, 2.24) is 4.98 Å². The molecule has 0 aliphatic carbocycles. The van der Waals surface area contributed by atoms with Crippen molar-refractivity contribution in [2.45, 2.75) is 6.92 Å². The lowest BCUT2D eigenvalue weighted by molar-refractivity contribution is 0.101. The molecule has 4 nitrogen and oxygen atoms in total. The highest BCUT2D eigenvalue weighted by molar-refractivity contribution is 7.11. The van der Waals surface area contributed by atoms with E-state index in [1.54, 1.807) is 36.5 Å². The quantitative estimate of drug-likeness (QED) is 0.393. The Kier molecular flexibility index (Phi) is 5.92. The van der Waals surface area contributed by atoms with E-state index < -0.39 is 0 Å². The third-order valence-corrected chi connectivity index (χ3v) is 5.34. The maximum Gasteiger partial charge on any atom is 0.159 e. The second kappa shape index (κ2) is 8.36. The van der Waals surface area contributed by atoms with E-state index in [9.17, 15) is 10.1 Å². The summed E-state index contributed by atoms with van der Waals surface area (Å²) in [6.07, 6.45) is 1.58. The average molecular weight is 414 g/mol. The number of aromatic nitrogens is 1. The number of rotatable bonds is 5. The van der Waals surface area contributed by atoms with E-state index in [0.29, 0.717) is 31.9 Å². The zero-order valence-electron chi connectivity index (χ0n) is 14.2. The molecule has 0 aliphatic heterocycles. The van der Waals surface area contributed by atoms with Gasteiger partial charge in [0.2, 0.25) is 0 Å². The van der Waals surface area contributed by atoms with E-state index in [1.165, 1.54) is 18.3 Å². The molecule has 0 saturated heterocycles. The minimum Gasteiger partial charge on any atom is -0.360 e. The highest BCUT2D eigenvalue weighted by Gasteiger charge is 2.10. The minimum absolute atomic E-state index is 0.0191. The summed E-state index contributed by atoms with van der Waals surface area (Å²) in [6, 6.07) is 14.5. The van der Waals surface area contributed by atoms with Crippen molar-refractivity contribution in [3.63, 3.8) is 0 Å². The molecule has 27 heavy (non-hydrogen) atoms. The molecular weight excluding hydrogens is 401 g/mol. The molecule has 0 spiro atoms. The number of ketones is 1. The summed E-state index contributed by atoms with van der Waals surface area (Å²) in [5, 5.41) is 15.9. The maximum absolute atomic E-state index is 11.5. The van der Waals surface area contributed by atoms with Crippen LogP contribution >= 0.6 is 34.5 Å². The van der Waals surface area contributed by atoms with Crippen molar-refractivity contribution in [1.29, 1.82) is 5.26 Å². The van der Waals surface area contributed by atoms with Crippen molar-refractivity contribution in [2.75, 3.05) is 5.32 Å². The standard InChI is InChI=1S/C20H13Cl2N3OS/c1-12(26)13-3-2-4-16(7-13)24-10-15(9-23)20-25-19(11-27-20)14-5-6-17(21)18(22)8-14/h2-8,10-11,24H,1H3/b15-10+. The van der Waals surface area contributed by atoms with Gasteiger partial charge < -0.3 is 5.32 Å². The van der Waals surface area contributed by atoms with Gasteiger partial charge in [-0.05, 0) is 31.2 Å². The fraction of sp³-hybridized carbons (Fsp3) is 0.0500. The van der Waals surface area contributed by atoms with Crippen LogP contribution in [0.25, 0.3) is 16.8 Å². The Balaban J connectivity index is 1.84. The molecule has 1 aromatic heterocycles. The van der Waals surface area contributed by atoms with E-state index in [2.05, 4.69) is 16.4 Å². The van der Waals surface area contributed by atoms with E-state index in [0.717, 1.165) is 11.3 Å². The van der Waals surface area contributed by atoms with Gasteiger partial charge in [-0.25, -0.2) is 4.98 Å². The third-order valence-electron chi connectivity index (χ3n) is 3.72. The molecule has 3 aromatic rings. The molecule has 0 fully saturated rings. The van der Waals surface area contributed by atoms with Crippen LogP contribution < -0.4 is 5.32 Å². The van der Waals surface area contributed by atoms with Gasteiger partial charge in [-0.2, -0.15) is 5.26 Å². The predicted octanol–water partition coefficient (Wildman–Crippen LogP) is 6.30. The fourth-order valence-electron chi connectivity index (χ4n) is 2.31. The lowest BCUT2D eigenvalue weighted by atomic mass is 10.1. The normalized spacial score (nSPS) is 11.1. The van der Waals surface area contributed by atoms with Crippen molar-refractivity contribution in [3.8, 4) is 17.3 Å². The number of carbonyl (C=O) groups is 1. The van der Waals surface area contributed by atoms with Crippen LogP contribution in [0.3, 0.4) is 0 Å². The molecule has 1 heterocycles. The molecular formula is C20H13Cl2N3OS. The average Bonchev–Trinajstić information content (AvgIpc) is 3.15. The summed E-state index contributed by atoms with van der Waals surface area (Å²) in [6.45, 7) is 1.51. The highest BCUT2D eigenvalue weighted by atomic mass is 35.5. The minimum atomic E-state index is -0.0191. The Morgan fingerprint density at radius 2 is 2.04 bits per heavy atom. The molecule has 0 unspecified atom stereocenters. The number of anilines is 1. The van der Waals surface area contributed by atoms with Crippen LogP contribution in [0.4, 0.5) is 5.69 Å². The number of allylic oxidation sites excluding steroid dienone is 1. The molecule has 0 amide bonds. The zero-order chi connectivity index (χ0) is 19.4. The van der Waals surface area contributed by atoms with Crippen LogP contribution in [-0.2, 0) is 0 Å². The second-order valence-electron chi connectivity index (χ2n) is 5.62. The number of halogens is 2. The van der Waals surface area contributed by atoms with Gasteiger partial charge in [0.1, 0.15) is 16.6 Å². The summed E-state index contributed by atoms with van der Waals surface area (Å²) in [5.41, 5.74) is 3.25. The summed E-state index contributed by atoms with van der Waals surface area (Å²) in [4.78, 5) is 16.0. The van der Waals surface area contributed by atoms with Gasteiger partial charge in [0.25, 0.3) is 0 Å². The number of nitriles is 1. The van der Waals surface area contributed by atoms with Crippen LogP contribution in [-0.4, -0.2) is 10.8 Å². The number of benzene rings is 2. The largest absolute Gasteiger partial charge is 0.360 e. The number of carbonyl (C=O) groups excluding carboxylic acids is 1. The number of nitrogens with zero attached hydrogens (tertiary/aromatic N) is 2. The smallest absolute Gasteiger partial charge is 0.159 e. The molecule has 3 rings (SSSR count). The van der Waals surface area contributed by atoms with Gasteiger partial charge in [-0.15, -0.1) is 11.3 Å². The molecule has 0 bridgehead atoms. The van der Waals surface area contributed by atoms with Crippen LogP contribution in [0, 0.1) is 11.3 Å². The Morgan fingerprint density at radius 3 is 2.74 bits per heavy atom. The lowest BCUT2D eigenvalue weighted by Crippen LogP contribution is -1.95. The highest BCUT2D eigenvalue weighted by Crippen LogP contribution is 2.30. The second-order valence-corrected chi connectivity index (χ2v) is 7.29. The summed E-state index contributed by atoms with van der Waals surface area (Å²) in [5.74, 6) is -0.0191. The van der Waals surface area contributed by atoms with Gasteiger partial charge in [0, 0.05) is 28.4 Å². The number of hydrogen-bond donors (Lipinski definition) is 1. The van der Waals surface area contributed by atoms with E-state index in [-0.39, 0.29) is 5.78 Å². The molecule has 0 radical (unpaired) electrons. The van der Waals surface area contributed by atoms with Crippen LogP contribution in [0.15, 0.2) is 54.0 Å². The van der Waals surface area contributed by atoms with Gasteiger partial charge in [-0.3, -0.25) is 4.79 Å². The Morgan fingerprint density at radius 1 is 1.22 bits per heavy atom. The number of hydrogen-bond acceptors (Lipinski definition) is 5.